The molecule has 0 aliphatic heterocycles. The zero-order chi connectivity index (χ0) is 19.9. The molecule has 0 aliphatic rings. The second-order valence-corrected chi connectivity index (χ2v) is 8.04. The summed E-state index contributed by atoms with van der Waals surface area (Å²) in [5, 5.41) is 15.5. The largest absolute Gasteiger partial charge is 0.514 e. The molecule has 2 atom stereocenters. The van der Waals surface area contributed by atoms with Gasteiger partial charge in [-0.1, -0.05) is 13.8 Å². The minimum atomic E-state index is -0.865. The number of nitrogens with zero attached hydrogens (tertiary/aromatic N) is 1. The Labute approximate surface area is 157 Å². The van der Waals surface area contributed by atoms with E-state index in [1.54, 1.807) is 0 Å². The fourth-order valence-electron chi connectivity index (χ4n) is 2.12. The molecule has 148 valence electrons. The average molecular weight is 388 g/mol. The molecule has 8 nitrogen and oxygen atoms in total. The maximum absolute atomic E-state index is 11.9. The van der Waals surface area contributed by atoms with E-state index in [0.717, 1.165) is 0 Å². The van der Waals surface area contributed by atoms with Gasteiger partial charge >= 0.3 is 12.1 Å². The number of nitrogens with one attached hydrogen (secondary N) is 1. The Bertz CT molecular complexity index is 596. The van der Waals surface area contributed by atoms with Crippen LogP contribution in [0.2, 0.25) is 0 Å². The quantitative estimate of drug-likeness (QED) is 0.655. The Hall–Kier alpha value is -1.71. The van der Waals surface area contributed by atoms with Crippen LogP contribution in [0.15, 0.2) is 5.38 Å². The first-order valence-corrected chi connectivity index (χ1v) is 9.24. The van der Waals surface area contributed by atoms with Crippen molar-refractivity contribution in [3.63, 3.8) is 0 Å². The first-order chi connectivity index (χ1) is 12.0. The second-order valence-electron chi connectivity index (χ2n) is 7.15. The molecular weight excluding hydrogens is 360 g/mol. The third kappa shape index (κ3) is 8.11. The smallest absolute Gasteiger partial charge is 0.459 e. The summed E-state index contributed by atoms with van der Waals surface area (Å²) in [6.07, 6.45) is -1.37. The van der Waals surface area contributed by atoms with Crippen molar-refractivity contribution < 1.29 is 28.9 Å². The predicted molar refractivity (Wildman–Crippen MR) is 97.2 cm³/mol. The number of esters is 1. The van der Waals surface area contributed by atoms with Crippen molar-refractivity contribution in [2.24, 2.45) is 5.92 Å². The maximum Gasteiger partial charge on any atom is 0.514 e. The number of carbonyl (C=O) groups is 2. The van der Waals surface area contributed by atoms with Crippen molar-refractivity contribution in [2.45, 2.75) is 58.8 Å². The zero-order valence-corrected chi connectivity index (χ0v) is 16.9. The van der Waals surface area contributed by atoms with Crippen LogP contribution in [0.5, 0.6) is 5.88 Å². The molecule has 0 amide bonds. The van der Waals surface area contributed by atoms with Gasteiger partial charge in [0.2, 0.25) is 5.88 Å². The summed E-state index contributed by atoms with van der Waals surface area (Å²) in [5.41, 5.74) is -0.539. The van der Waals surface area contributed by atoms with Gasteiger partial charge in [-0.2, -0.15) is 0 Å². The van der Waals surface area contributed by atoms with Gasteiger partial charge in [-0.25, -0.2) is 9.78 Å². The minimum Gasteiger partial charge on any atom is -0.459 e. The molecule has 0 radical (unpaired) electrons. The van der Waals surface area contributed by atoms with E-state index in [4.69, 9.17) is 9.47 Å². The lowest BCUT2D eigenvalue weighted by molar-refractivity contribution is -0.153. The zero-order valence-electron chi connectivity index (χ0n) is 16.1. The lowest BCUT2D eigenvalue weighted by Gasteiger charge is -2.25. The summed E-state index contributed by atoms with van der Waals surface area (Å²) in [7, 11) is 1.20. The normalized spacial score (nSPS) is 14.0. The van der Waals surface area contributed by atoms with Crippen LogP contribution in [0, 0.1) is 5.92 Å². The van der Waals surface area contributed by atoms with E-state index in [9.17, 15) is 14.7 Å². The van der Waals surface area contributed by atoms with Crippen molar-refractivity contribution in [2.75, 3.05) is 13.7 Å². The predicted octanol–water partition coefficient (Wildman–Crippen LogP) is 2.67. The number of methoxy groups -OCH3 is 1. The third-order valence-corrected chi connectivity index (χ3v) is 4.28. The molecule has 9 heteroatoms. The second kappa shape index (κ2) is 9.84. The van der Waals surface area contributed by atoms with E-state index < -0.39 is 17.9 Å². The van der Waals surface area contributed by atoms with Gasteiger partial charge in [0, 0.05) is 6.04 Å². The van der Waals surface area contributed by atoms with Gasteiger partial charge in [-0.3, -0.25) is 4.79 Å². The molecule has 1 rings (SSSR count). The number of aliphatic hydroxyl groups is 1. The summed E-state index contributed by atoms with van der Waals surface area (Å²) in [6, 6.07) is -0.119. The summed E-state index contributed by atoms with van der Waals surface area (Å²) in [6.45, 7) is 9.47. The van der Waals surface area contributed by atoms with E-state index in [2.05, 4.69) is 15.0 Å². The van der Waals surface area contributed by atoms with Crippen LogP contribution >= 0.6 is 11.3 Å². The van der Waals surface area contributed by atoms with Crippen molar-refractivity contribution in [1.29, 1.82) is 0 Å². The van der Waals surface area contributed by atoms with E-state index in [1.807, 2.05) is 34.6 Å². The van der Waals surface area contributed by atoms with Crippen LogP contribution in [0.25, 0.3) is 0 Å². The van der Waals surface area contributed by atoms with E-state index in [0.29, 0.717) is 11.4 Å². The highest BCUT2D eigenvalue weighted by molar-refractivity contribution is 7.09. The Kier molecular flexibility index (Phi) is 8.45. The SMILES string of the molecule is COC(=O)Oc1csc(C(O)CC(NCC(=O)OC(C)(C)C)C(C)C)n1. The Morgan fingerprint density at radius 3 is 2.54 bits per heavy atom. The van der Waals surface area contributed by atoms with Crippen LogP contribution in [-0.4, -0.2) is 47.5 Å². The Morgan fingerprint density at radius 1 is 1.35 bits per heavy atom. The van der Waals surface area contributed by atoms with Crippen LogP contribution in [0.4, 0.5) is 4.79 Å². The van der Waals surface area contributed by atoms with Crippen molar-refractivity contribution >= 4 is 23.5 Å². The third-order valence-electron chi connectivity index (χ3n) is 3.35. The van der Waals surface area contributed by atoms with Gasteiger partial charge in [0.15, 0.2) is 0 Å². The van der Waals surface area contributed by atoms with Gasteiger partial charge in [-0.05, 0) is 33.1 Å². The van der Waals surface area contributed by atoms with E-state index in [-0.39, 0.29) is 30.4 Å². The molecule has 0 saturated heterocycles. The van der Waals surface area contributed by atoms with Crippen molar-refractivity contribution in [3.8, 4) is 5.88 Å². The van der Waals surface area contributed by atoms with Crippen molar-refractivity contribution in [1.82, 2.24) is 10.3 Å². The summed E-state index contributed by atoms with van der Waals surface area (Å²) < 4.78 is 14.5. The van der Waals surface area contributed by atoms with Gasteiger partial charge < -0.3 is 24.6 Å². The summed E-state index contributed by atoms with van der Waals surface area (Å²) in [4.78, 5) is 27.0. The number of aliphatic hydroxyl groups excluding tert-OH is 1. The molecule has 0 aromatic carbocycles. The molecule has 0 fully saturated rings. The molecular formula is C17H28N2O6S. The Morgan fingerprint density at radius 2 is 2.00 bits per heavy atom. The number of carbonyl (C=O) groups excluding carboxylic acids is 2. The molecule has 0 spiro atoms. The molecule has 26 heavy (non-hydrogen) atoms. The lowest BCUT2D eigenvalue weighted by atomic mass is 9.98. The molecule has 1 aromatic rings. The number of aromatic nitrogens is 1. The summed E-state index contributed by atoms with van der Waals surface area (Å²) >= 11 is 1.18. The van der Waals surface area contributed by atoms with E-state index >= 15 is 0 Å². The number of ether oxygens (including phenoxy) is 3. The first-order valence-electron chi connectivity index (χ1n) is 8.36. The average Bonchev–Trinajstić information content (AvgIpc) is 2.97. The lowest BCUT2D eigenvalue weighted by Crippen LogP contribution is -2.40. The fourth-order valence-corrected chi connectivity index (χ4v) is 2.84. The standard InChI is InChI=1S/C17H28N2O6S/c1-10(2)11(18-8-14(21)25-17(3,4)5)7-12(20)15-19-13(9-26-15)24-16(22)23-6/h9-12,18,20H,7-8H2,1-6H3. The van der Waals surface area contributed by atoms with Gasteiger partial charge in [0.05, 0.1) is 19.0 Å². The fraction of sp³-hybridized carbons (Fsp3) is 0.706. The van der Waals surface area contributed by atoms with Crippen LogP contribution in [0.3, 0.4) is 0 Å². The van der Waals surface area contributed by atoms with Gasteiger partial charge in [-0.15, -0.1) is 11.3 Å². The highest BCUT2D eigenvalue weighted by Crippen LogP contribution is 2.27. The van der Waals surface area contributed by atoms with Crippen LogP contribution in [0.1, 0.15) is 52.2 Å². The number of hydrogen-bond acceptors (Lipinski definition) is 9. The van der Waals surface area contributed by atoms with Crippen LogP contribution in [-0.2, 0) is 14.3 Å². The highest BCUT2D eigenvalue weighted by atomic mass is 32.1. The number of hydrogen-bond donors (Lipinski definition) is 2. The topological polar surface area (TPSA) is 107 Å². The summed E-state index contributed by atoms with van der Waals surface area (Å²) in [5.74, 6) is -0.0859. The minimum absolute atomic E-state index is 0.0570. The first kappa shape index (κ1) is 22.3. The molecule has 0 aliphatic carbocycles. The highest BCUT2D eigenvalue weighted by Gasteiger charge is 2.23. The molecule has 2 N–H and O–H groups in total. The van der Waals surface area contributed by atoms with Crippen LogP contribution < -0.4 is 10.1 Å². The molecule has 1 aromatic heterocycles. The van der Waals surface area contributed by atoms with E-state index in [1.165, 1.54) is 23.8 Å². The van der Waals surface area contributed by atoms with Crippen molar-refractivity contribution in [3.05, 3.63) is 10.4 Å². The molecule has 0 saturated carbocycles. The number of rotatable bonds is 8. The molecule has 2 unspecified atom stereocenters. The Balaban J connectivity index is 2.61. The number of thiazole rings is 1. The van der Waals surface area contributed by atoms with Gasteiger partial charge in [0.1, 0.15) is 16.7 Å². The maximum atomic E-state index is 11.9. The monoisotopic (exact) mass is 388 g/mol. The molecule has 0 bridgehead atoms. The van der Waals surface area contributed by atoms with Gasteiger partial charge in [0.25, 0.3) is 0 Å². The molecule has 1 heterocycles.